The van der Waals surface area contributed by atoms with Crippen molar-refractivity contribution in [3.63, 3.8) is 0 Å². The number of carbonyl (C=O) groups excluding carboxylic acids is 1. The van der Waals surface area contributed by atoms with Crippen LogP contribution in [0.3, 0.4) is 0 Å². The number of aromatic hydroxyl groups is 3. The molecule has 2 aliphatic rings. The van der Waals surface area contributed by atoms with E-state index < -0.39 is 150 Å². The average Bonchev–Trinajstić information content (AvgIpc) is 3.09. The largest absolute Gasteiger partial charge is 0.504 e. The number of rotatable bonds is 12. The third-order valence-electron chi connectivity index (χ3n) is 8.63. The zero-order valence-electron chi connectivity index (χ0n) is 28.0. The Morgan fingerprint density at radius 1 is 0.796 bits per heavy atom. The SMILES string of the molecule is CC(O)(CC(=O)O)CC(=O)OCC1OC(Oc2cc3oc(-c4ccc(O)c(O)c4)cc(=O)c3c(O)c2OC2OC(CO)C(O)C(O)C2O)C(O)C(O)C1O. The standard InChI is InChI=1S/C33H38O21/c1-33(48,7-20(38)39)8-21(40)49-10-19-24(42)27(45)28(46)31(53-19)51-17-6-16-22(14(37)5-15(50-16)11-2-3-12(35)13(36)4-11)25(43)30(17)54-32-29(47)26(44)23(41)18(9-34)52-32/h2-6,18-19,23-24,26-29,31-32,34-36,41-48H,7-10H2,1H3,(H,38,39). The van der Waals surface area contributed by atoms with Crippen LogP contribution in [0, 0.1) is 0 Å². The average molecular weight is 771 g/mol. The second kappa shape index (κ2) is 15.9. The monoisotopic (exact) mass is 770 g/mol. The second-order valence-corrected chi connectivity index (χ2v) is 13.0. The summed E-state index contributed by atoms with van der Waals surface area (Å²) in [5, 5.41) is 122. The second-order valence-electron chi connectivity index (χ2n) is 13.0. The van der Waals surface area contributed by atoms with Gasteiger partial charge in [-0.05, 0) is 25.1 Å². The Morgan fingerprint density at radius 3 is 2.02 bits per heavy atom. The minimum absolute atomic E-state index is 0.0814. The lowest BCUT2D eigenvalue weighted by molar-refractivity contribution is -0.283. The van der Waals surface area contributed by atoms with E-state index >= 15 is 0 Å². The van der Waals surface area contributed by atoms with E-state index in [0.29, 0.717) is 0 Å². The first-order valence-electron chi connectivity index (χ1n) is 16.1. The third kappa shape index (κ3) is 8.44. The number of hydrogen-bond donors (Lipinski definition) is 12. The van der Waals surface area contributed by atoms with Crippen molar-refractivity contribution >= 4 is 22.9 Å². The number of aliphatic hydroxyl groups is 8. The van der Waals surface area contributed by atoms with E-state index in [1.807, 2.05) is 0 Å². The lowest BCUT2D eigenvalue weighted by Crippen LogP contribution is -2.60. The summed E-state index contributed by atoms with van der Waals surface area (Å²) >= 11 is 0. The molecule has 0 saturated carbocycles. The highest BCUT2D eigenvalue weighted by Gasteiger charge is 2.48. The first kappa shape index (κ1) is 40.4. The zero-order chi connectivity index (χ0) is 39.8. The van der Waals surface area contributed by atoms with E-state index in [1.165, 1.54) is 6.07 Å². The fourth-order valence-electron chi connectivity index (χ4n) is 5.76. The zero-order valence-corrected chi connectivity index (χ0v) is 28.0. The van der Waals surface area contributed by atoms with Crippen LogP contribution >= 0.6 is 0 Å². The summed E-state index contributed by atoms with van der Waals surface area (Å²) in [5.74, 6) is -6.35. The number of phenols is 3. The molecule has 21 heteroatoms. The highest BCUT2D eigenvalue weighted by atomic mass is 16.7. The number of esters is 1. The molecule has 3 aromatic rings. The van der Waals surface area contributed by atoms with Gasteiger partial charge in [0.25, 0.3) is 0 Å². The molecule has 11 unspecified atom stereocenters. The number of fused-ring (bicyclic) bond motifs is 1. The number of carboxylic acids is 1. The summed E-state index contributed by atoms with van der Waals surface area (Å²) in [6, 6.07) is 5.28. The number of aliphatic carboxylic acids is 1. The first-order chi connectivity index (χ1) is 25.3. The Hall–Kier alpha value is -4.81. The minimum Gasteiger partial charge on any atom is -0.504 e. The van der Waals surface area contributed by atoms with Crippen LogP contribution in [0.4, 0.5) is 0 Å². The lowest BCUT2D eigenvalue weighted by atomic mass is 9.98. The fraction of sp³-hybridized carbons (Fsp3) is 0.485. The summed E-state index contributed by atoms with van der Waals surface area (Å²) < 4.78 is 33.1. The van der Waals surface area contributed by atoms with Crippen molar-refractivity contribution in [1.29, 1.82) is 0 Å². The maximum absolute atomic E-state index is 13.4. The molecule has 2 fully saturated rings. The van der Waals surface area contributed by atoms with E-state index in [0.717, 1.165) is 31.2 Å². The molecule has 1 aromatic heterocycles. The molecule has 0 radical (unpaired) electrons. The van der Waals surface area contributed by atoms with Crippen LogP contribution in [-0.4, -0.2) is 153 Å². The Balaban J connectivity index is 1.52. The van der Waals surface area contributed by atoms with Gasteiger partial charge in [-0.3, -0.25) is 14.4 Å². The van der Waals surface area contributed by atoms with Crippen molar-refractivity contribution in [2.45, 2.75) is 86.8 Å². The van der Waals surface area contributed by atoms with Crippen LogP contribution in [-0.2, 0) is 23.8 Å². The predicted molar refractivity (Wildman–Crippen MR) is 173 cm³/mol. The van der Waals surface area contributed by atoms with Crippen LogP contribution in [0.1, 0.15) is 19.8 Å². The van der Waals surface area contributed by atoms with Gasteiger partial charge in [0, 0.05) is 17.7 Å². The van der Waals surface area contributed by atoms with Gasteiger partial charge < -0.3 is 89.4 Å². The van der Waals surface area contributed by atoms with Crippen LogP contribution in [0.5, 0.6) is 28.7 Å². The maximum atomic E-state index is 13.4. The van der Waals surface area contributed by atoms with E-state index in [-0.39, 0.29) is 11.3 Å². The highest BCUT2D eigenvalue weighted by molar-refractivity contribution is 5.89. The summed E-state index contributed by atoms with van der Waals surface area (Å²) in [7, 11) is 0. The molecule has 2 aliphatic heterocycles. The van der Waals surface area contributed by atoms with Gasteiger partial charge in [-0.1, -0.05) is 0 Å². The van der Waals surface area contributed by atoms with Crippen molar-refractivity contribution in [2.24, 2.45) is 0 Å². The van der Waals surface area contributed by atoms with E-state index in [2.05, 4.69) is 0 Å². The van der Waals surface area contributed by atoms with Crippen molar-refractivity contribution in [1.82, 2.24) is 0 Å². The third-order valence-corrected chi connectivity index (χ3v) is 8.63. The van der Waals surface area contributed by atoms with Crippen molar-refractivity contribution in [3.8, 4) is 40.1 Å². The van der Waals surface area contributed by atoms with Gasteiger partial charge in [-0.15, -0.1) is 0 Å². The normalized spacial score (nSPS) is 29.6. The van der Waals surface area contributed by atoms with E-state index in [9.17, 15) is 70.6 Å². The molecule has 5 rings (SSSR count). The van der Waals surface area contributed by atoms with E-state index in [1.54, 1.807) is 0 Å². The number of phenolic OH excluding ortho intramolecular Hbond substituents is 3. The van der Waals surface area contributed by atoms with E-state index in [4.69, 9.17) is 33.2 Å². The predicted octanol–water partition coefficient (Wildman–Crippen LogP) is -2.90. The lowest BCUT2D eigenvalue weighted by Gasteiger charge is -2.41. The smallest absolute Gasteiger partial charge is 0.308 e. The molecule has 0 amide bonds. The van der Waals surface area contributed by atoms with Crippen molar-refractivity contribution in [3.05, 3.63) is 40.6 Å². The molecular weight excluding hydrogens is 732 g/mol. The minimum atomic E-state index is -2.10. The Labute approximate surface area is 302 Å². The van der Waals surface area contributed by atoms with Crippen LogP contribution < -0.4 is 14.9 Å². The summed E-state index contributed by atoms with van der Waals surface area (Å²) in [4.78, 5) is 36.7. The van der Waals surface area contributed by atoms with Crippen molar-refractivity contribution < 1.29 is 99.0 Å². The molecule has 21 nitrogen and oxygen atoms in total. The highest BCUT2D eigenvalue weighted by Crippen LogP contribution is 2.45. The van der Waals surface area contributed by atoms with Gasteiger partial charge >= 0.3 is 11.9 Å². The molecule has 2 saturated heterocycles. The Kier molecular flexibility index (Phi) is 11.9. The number of hydrogen-bond acceptors (Lipinski definition) is 20. The molecule has 3 heterocycles. The molecule has 0 spiro atoms. The molecule has 0 bridgehead atoms. The number of benzene rings is 2. The van der Waals surface area contributed by atoms with Crippen LogP contribution in [0.25, 0.3) is 22.3 Å². The van der Waals surface area contributed by atoms with Gasteiger partial charge in [-0.2, -0.15) is 0 Å². The summed E-state index contributed by atoms with van der Waals surface area (Å²) in [5.41, 5.74) is -3.29. The summed E-state index contributed by atoms with van der Waals surface area (Å²) in [6.45, 7) is -0.634. The molecule has 296 valence electrons. The Bertz CT molecular complexity index is 1910. The van der Waals surface area contributed by atoms with Gasteiger partial charge in [-0.25, -0.2) is 0 Å². The molecular formula is C33H38O21. The number of aliphatic hydroxyl groups excluding tert-OH is 7. The first-order valence-corrected chi connectivity index (χ1v) is 16.1. The number of carbonyl (C=O) groups is 2. The van der Waals surface area contributed by atoms with Crippen molar-refractivity contribution in [2.75, 3.05) is 13.2 Å². The maximum Gasteiger partial charge on any atom is 0.308 e. The molecule has 2 aromatic carbocycles. The quantitative estimate of drug-likeness (QED) is 0.0649. The Morgan fingerprint density at radius 2 is 1.41 bits per heavy atom. The van der Waals surface area contributed by atoms with Gasteiger partial charge in [0.1, 0.15) is 72.2 Å². The van der Waals surface area contributed by atoms with Crippen LogP contribution in [0.2, 0.25) is 0 Å². The summed E-state index contributed by atoms with van der Waals surface area (Å²) in [6.07, 6.45) is -20.7. The topological polar surface area (TPSA) is 353 Å². The van der Waals surface area contributed by atoms with Gasteiger partial charge in [0.2, 0.25) is 18.3 Å². The van der Waals surface area contributed by atoms with Gasteiger partial charge in [0.15, 0.2) is 28.4 Å². The molecule has 12 N–H and O–H groups in total. The van der Waals surface area contributed by atoms with Gasteiger partial charge in [0.05, 0.1) is 25.0 Å². The number of carboxylic acid groups (broad SMARTS) is 1. The number of ether oxygens (including phenoxy) is 5. The molecule has 0 aliphatic carbocycles. The molecule has 54 heavy (non-hydrogen) atoms. The van der Waals surface area contributed by atoms with Crippen LogP contribution in [0.15, 0.2) is 39.5 Å². The molecule has 11 atom stereocenters. The fourth-order valence-corrected chi connectivity index (χ4v) is 5.76.